The molecule has 1 amide bonds. The Morgan fingerprint density at radius 2 is 1.65 bits per heavy atom. The second kappa shape index (κ2) is 8.46. The average molecular weight is 319 g/mol. The zero-order valence-electron chi connectivity index (χ0n) is 14.9. The average Bonchev–Trinajstić information content (AvgIpc) is 2.53. The summed E-state index contributed by atoms with van der Waals surface area (Å²) in [6.45, 7) is 13.4. The number of nitrogens with one attached hydrogen (secondary N) is 2. The molecule has 1 aliphatic heterocycles. The number of quaternary nitrogens is 1. The molecule has 1 aromatic carbocycles. The van der Waals surface area contributed by atoms with Gasteiger partial charge in [-0.15, -0.1) is 0 Å². The molecule has 1 saturated heterocycles. The Morgan fingerprint density at radius 3 is 2.17 bits per heavy atom. The lowest BCUT2D eigenvalue weighted by Crippen LogP contribution is -3.12. The van der Waals surface area contributed by atoms with E-state index in [4.69, 9.17) is 4.74 Å². The topological polar surface area (TPSA) is 42.8 Å². The van der Waals surface area contributed by atoms with E-state index in [1.54, 1.807) is 4.90 Å². The van der Waals surface area contributed by atoms with E-state index in [0.29, 0.717) is 11.8 Å². The summed E-state index contributed by atoms with van der Waals surface area (Å²) in [6, 6.07) is 8.26. The van der Waals surface area contributed by atoms with Crippen LogP contribution in [0.5, 0.6) is 0 Å². The molecule has 4 heteroatoms. The van der Waals surface area contributed by atoms with Crippen LogP contribution in [0.3, 0.4) is 0 Å². The van der Waals surface area contributed by atoms with Crippen molar-refractivity contribution in [2.75, 3.05) is 26.3 Å². The van der Waals surface area contributed by atoms with Crippen LogP contribution >= 0.6 is 0 Å². The van der Waals surface area contributed by atoms with Crippen LogP contribution in [0.4, 0.5) is 0 Å². The van der Waals surface area contributed by atoms with Crippen molar-refractivity contribution in [3.05, 3.63) is 35.4 Å². The number of benzene rings is 1. The monoisotopic (exact) mass is 319 g/mol. The van der Waals surface area contributed by atoms with Crippen molar-refractivity contribution >= 4 is 5.91 Å². The van der Waals surface area contributed by atoms with E-state index >= 15 is 0 Å². The van der Waals surface area contributed by atoms with Gasteiger partial charge in [-0.05, 0) is 24.0 Å². The maximum atomic E-state index is 12.4. The molecule has 23 heavy (non-hydrogen) atoms. The van der Waals surface area contributed by atoms with E-state index in [0.717, 1.165) is 38.4 Å². The first-order valence-electron chi connectivity index (χ1n) is 8.78. The second-order valence-corrected chi connectivity index (χ2v) is 7.22. The molecular formula is C19H31N2O2+. The minimum absolute atomic E-state index is 0.0302. The van der Waals surface area contributed by atoms with Gasteiger partial charge < -0.3 is 15.0 Å². The van der Waals surface area contributed by atoms with E-state index < -0.39 is 0 Å². The van der Waals surface area contributed by atoms with Crippen LogP contribution in [0.2, 0.25) is 0 Å². The van der Waals surface area contributed by atoms with Crippen LogP contribution in [-0.2, 0) is 11.3 Å². The van der Waals surface area contributed by atoms with Crippen molar-refractivity contribution in [2.24, 2.45) is 11.8 Å². The zero-order valence-corrected chi connectivity index (χ0v) is 14.9. The Kier molecular flexibility index (Phi) is 6.60. The van der Waals surface area contributed by atoms with Gasteiger partial charge in [0.1, 0.15) is 19.6 Å². The Balaban J connectivity index is 1.94. The van der Waals surface area contributed by atoms with E-state index in [9.17, 15) is 4.79 Å². The standard InChI is InChI=1S/C19H30N2O2/c1-14(2)18(15(3)4)20-19(22)17-7-5-16(6-8-17)13-21-9-11-23-12-10-21/h5-8,14-15,18H,9-13H2,1-4H3,(H,20,22)/p+1. The number of hydrogen-bond acceptors (Lipinski definition) is 2. The van der Waals surface area contributed by atoms with Gasteiger partial charge in [-0.25, -0.2) is 0 Å². The molecule has 1 aliphatic rings. The predicted octanol–water partition coefficient (Wildman–Crippen LogP) is 1.51. The molecule has 1 fully saturated rings. The predicted molar refractivity (Wildman–Crippen MR) is 92.6 cm³/mol. The first kappa shape index (κ1) is 18.0. The summed E-state index contributed by atoms with van der Waals surface area (Å²) < 4.78 is 5.39. The highest BCUT2D eigenvalue weighted by atomic mass is 16.5. The largest absolute Gasteiger partial charge is 0.370 e. The van der Waals surface area contributed by atoms with Crippen molar-refractivity contribution in [3.8, 4) is 0 Å². The number of amides is 1. The number of ether oxygens (including phenoxy) is 1. The maximum Gasteiger partial charge on any atom is 0.251 e. The summed E-state index contributed by atoms with van der Waals surface area (Å²) in [5, 5.41) is 3.17. The lowest BCUT2D eigenvalue weighted by molar-refractivity contribution is -0.921. The number of carbonyl (C=O) groups excluding carboxylic acids is 1. The molecule has 0 unspecified atom stereocenters. The molecule has 0 atom stereocenters. The lowest BCUT2D eigenvalue weighted by Gasteiger charge is -2.26. The molecule has 0 aliphatic carbocycles. The molecule has 4 nitrogen and oxygen atoms in total. The van der Waals surface area contributed by atoms with Gasteiger partial charge in [0.25, 0.3) is 5.91 Å². The van der Waals surface area contributed by atoms with Crippen LogP contribution in [0.15, 0.2) is 24.3 Å². The van der Waals surface area contributed by atoms with Gasteiger partial charge in [-0.1, -0.05) is 39.8 Å². The van der Waals surface area contributed by atoms with E-state index in [1.165, 1.54) is 5.56 Å². The van der Waals surface area contributed by atoms with Gasteiger partial charge in [0, 0.05) is 17.2 Å². The molecule has 1 aromatic rings. The van der Waals surface area contributed by atoms with Crippen LogP contribution in [-0.4, -0.2) is 38.3 Å². The zero-order chi connectivity index (χ0) is 16.8. The molecule has 2 N–H and O–H groups in total. The molecular weight excluding hydrogens is 288 g/mol. The van der Waals surface area contributed by atoms with Crippen molar-refractivity contribution < 1.29 is 14.4 Å². The minimum atomic E-state index is 0.0302. The first-order chi connectivity index (χ1) is 11.0. The third-order valence-corrected chi connectivity index (χ3v) is 4.60. The van der Waals surface area contributed by atoms with Gasteiger partial charge in [-0.3, -0.25) is 4.79 Å². The Bertz CT molecular complexity index is 483. The molecule has 0 bridgehead atoms. The summed E-state index contributed by atoms with van der Waals surface area (Å²) in [6.07, 6.45) is 0. The summed E-state index contributed by atoms with van der Waals surface area (Å²) in [5.41, 5.74) is 2.03. The summed E-state index contributed by atoms with van der Waals surface area (Å²) >= 11 is 0. The molecule has 2 rings (SSSR count). The van der Waals surface area contributed by atoms with E-state index in [1.807, 2.05) is 12.1 Å². The van der Waals surface area contributed by atoms with Crippen molar-refractivity contribution in [2.45, 2.75) is 40.3 Å². The summed E-state index contributed by atoms with van der Waals surface area (Å²) in [7, 11) is 0. The van der Waals surface area contributed by atoms with Crippen LogP contribution in [0.25, 0.3) is 0 Å². The molecule has 0 spiro atoms. The van der Waals surface area contributed by atoms with Gasteiger partial charge in [-0.2, -0.15) is 0 Å². The second-order valence-electron chi connectivity index (χ2n) is 7.22. The molecule has 128 valence electrons. The highest BCUT2D eigenvalue weighted by molar-refractivity contribution is 5.94. The van der Waals surface area contributed by atoms with Crippen LogP contribution in [0, 0.1) is 11.8 Å². The Morgan fingerprint density at radius 1 is 1.09 bits per heavy atom. The third kappa shape index (κ3) is 5.33. The number of morpholine rings is 1. The number of rotatable bonds is 6. The summed E-state index contributed by atoms with van der Waals surface area (Å²) in [5.74, 6) is 0.897. The fourth-order valence-corrected chi connectivity index (χ4v) is 3.24. The normalized spacial score (nSPS) is 16.3. The molecule has 0 saturated carbocycles. The summed E-state index contributed by atoms with van der Waals surface area (Å²) in [4.78, 5) is 14.0. The highest BCUT2D eigenvalue weighted by Gasteiger charge is 2.20. The van der Waals surface area contributed by atoms with Gasteiger partial charge in [0.15, 0.2) is 0 Å². The van der Waals surface area contributed by atoms with Crippen LogP contribution < -0.4 is 10.2 Å². The number of hydrogen-bond donors (Lipinski definition) is 2. The molecule has 0 radical (unpaired) electrons. The quantitative estimate of drug-likeness (QED) is 0.835. The van der Waals surface area contributed by atoms with Gasteiger partial charge in [0.05, 0.1) is 13.2 Å². The maximum absolute atomic E-state index is 12.4. The van der Waals surface area contributed by atoms with Gasteiger partial charge in [0.2, 0.25) is 0 Å². The fraction of sp³-hybridized carbons (Fsp3) is 0.632. The molecule has 1 heterocycles. The smallest absolute Gasteiger partial charge is 0.251 e. The lowest BCUT2D eigenvalue weighted by atomic mass is 9.93. The van der Waals surface area contributed by atoms with E-state index in [2.05, 4.69) is 45.1 Å². The van der Waals surface area contributed by atoms with E-state index in [-0.39, 0.29) is 11.9 Å². The Labute approximate surface area is 140 Å². The van der Waals surface area contributed by atoms with Crippen molar-refractivity contribution in [1.82, 2.24) is 5.32 Å². The fourth-order valence-electron chi connectivity index (χ4n) is 3.24. The van der Waals surface area contributed by atoms with Gasteiger partial charge >= 0.3 is 0 Å². The molecule has 0 aromatic heterocycles. The highest BCUT2D eigenvalue weighted by Crippen LogP contribution is 2.13. The SMILES string of the molecule is CC(C)C(NC(=O)c1ccc(C[NH+]2CCOCC2)cc1)C(C)C. The first-order valence-corrected chi connectivity index (χ1v) is 8.78. The minimum Gasteiger partial charge on any atom is -0.370 e. The van der Waals surface area contributed by atoms with Crippen LogP contribution in [0.1, 0.15) is 43.6 Å². The van der Waals surface area contributed by atoms with Crippen molar-refractivity contribution in [3.63, 3.8) is 0 Å². The van der Waals surface area contributed by atoms with Crippen molar-refractivity contribution in [1.29, 1.82) is 0 Å². The Hall–Kier alpha value is -1.39. The third-order valence-electron chi connectivity index (χ3n) is 4.60. The number of carbonyl (C=O) groups is 1.